The Hall–Kier alpha value is -0.160. The molecule has 0 N–H and O–H groups in total. The van der Waals surface area contributed by atoms with Crippen molar-refractivity contribution in [1.29, 1.82) is 0 Å². The van der Waals surface area contributed by atoms with Crippen LogP contribution in [0.3, 0.4) is 0 Å². The SMILES string of the molecule is CCOC(CCN1CCC(OC)C1)OCC. The summed E-state index contributed by atoms with van der Waals surface area (Å²) in [6.45, 7) is 8.64. The zero-order chi connectivity index (χ0) is 11.8. The fraction of sp³-hybridized carbons (Fsp3) is 1.00. The van der Waals surface area contributed by atoms with E-state index in [1.165, 1.54) is 0 Å². The number of likely N-dealkylation sites (tertiary alicyclic amines) is 1. The fourth-order valence-corrected chi connectivity index (χ4v) is 2.07. The predicted molar refractivity (Wildman–Crippen MR) is 63.5 cm³/mol. The van der Waals surface area contributed by atoms with Crippen LogP contribution in [0.2, 0.25) is 0 Å². The van der Waals surface area contributed by atoms with Crippen molar-refractivity contribution in [2.24, 2.45) is 0 Å². The van der Waals surface area contributed by atoms with Crippen LogP contribution < -0.4 is 0 Å². The van der Waals surface area contributed by atoms with Gasteiger partial charge in [0.25, 0.3) is 0 Å². The molecule has 4 heteroatoms. The molecule has 4 nitrogen and oxygen atoms in total. The molecule has 0 radical (unpaired) electrons. The van der Waals surface area contributed by atoms with Gasteiger partial charge in [-0.25, -0.2) is 0 Å². The third kappa shape index (κ3) is 4.78. The molecule has 1 heterocycles. The second kappa shape index (κ2) is 8.01. The predicted octanol–water partition coefficient (Wildman–Crippen LogP) is 1.50. The van der Waals surface area contributed by atoms with Gasteiger partial charge >= 0.3 is 0 Å². The van der Waals surface area contributed by atoms with Crippen LogP contribution in [0.5, 0.6) is 0 Å². The van der Waals surface area contributed by atoms with E-state index in [2.05, 4.69) is 4.90 Å². The molecule has 0 saturated carbocycles. The van der Waals surface area contributed by atoms with E-state index in [9.17, 15) is 0 Å². The number of hydrogen-bond acceptors (Lipinski definition) is 4. The molecule has 0 bridgehead atoms. The zero-order valence-corrected chi connectivity index (χ0v) is 10.8. The molecule has 96 valence electrons. The van der Waals surface area contributed by atoms with Gasteiger partial charge in [0.15, 0.2) is 6.29 Å². The first-order chi connectivity index (χ1) is 7.80. The third-order valence-corrected chi connectivity index (χ3v) is 2.95. The van der Waals surface area contributed by atoms with Gasteiger partial charge < -0.3 is 19.1 Å². The lowest BCUT2D eigenvalue weighted by atomic mass is 10.3. The van der Waals surface area contributed by atoms with Crippen LogP contribution in [0, 0.1) is 0 Å². The minimum Gasteiger partial charge on any atom is -0.380 e. The van der Waals surface area contributed by atoms with Crippen LogP contribution in [0.4, 0.5) is 0 Å². The van der Waals surface area contributed by atoms with E-state index >= 15 is 0 Å². The van der Waals surface area contributed by atoms with Gasteiger partial charge in [-0.2, -0.15) is 0 Å². The Labute approximate surface area is 98.8 Å². The van der Waals surface area contributed by atoms with Gasteiger partial charge in [0.2, 0.25) is 0 Å². The van der Waals surface area contributed by atoms with Crippen LogP contribution in [-0.2, 0) is 14.2 Å². The maximum atomic E-state index is 5.52. The van der Waals surface area contributed by atoms with E-state index in [1.54, 1.807) is 7.11 Å². The molecule has 0 amide bonds. The monoisotopic (exact) mass is 231 g/mol. The maximum Gasteiger partial charge on any atom is 0.158 e. The van der Waals surface area contributed by atoms with Crippen molar-refractivity contribution in [3.05, 3.63) is 0 Å². The number of nitrogens with zero attached hydrogens (tertiary/aromatic N) is 1. The van der Waals surface area contributed by atoms with Crippen LogP contribution in [0.25, 0.3) is 0 Å². The molecule has 0 aromatic heterocycles. The molecule has 1 atom stereocenters. The van der Waals surface area contributed by atoms with Gasteiger partial charge in [0, 0.05) is 46.4 Å². The van der Waals surface area contributed by atoms with Crippen molar-refractivity contribution >= 4 is 0 Å². The lowest BCUT2D eigenvalue weighted by Crippen LogP contribution is -2.28. The van der Waals surface area contributed by atoms with Crippen molar-refractivity contribution < 1.29 is 14.2 Å². The van der Waals surface area contributed by atoms with Crippen LogP contribution in [0.15, 0.2) is 0 Å². The second-order valence-electron chi connectivity index (χ2n) is 4.08. The van der Waals surface area contributed by atoms with E-state index in [-0.39, 0.29) is 6.29 Å². The van der Waals surface area contributed by atoms with Crippen molar-refractivity contribution in [3.63, 3.8) is 0 Å². The molecule has 0 aliphatic carbocycles. The first-order valence-corrected chi connectivity index (χ1v) is 6.28. The van der Waals surface area contributed by atoms with Crippen molar-refractivity contribution in [2.45, 2.75) is 39.1 Å². The summed E-state index contributed by atoms with van der Waals surface area (Å²) in [6, 6.07) is 0. The minimum atomic E-state index is -0.0448. The molecule has 1 unspecified atom stereocenters. The summed E-state index contributed by atoms with van der Waals surface area (Å²) >= 11 is 0. The molecule has 1 saturated heterocycles. The fourth-order valence-electron chi connectivity index (χ4n) is 2.07. The summed E-state index contributed by atoms with van der Waals surface area (Å²) in [6.07, 6.45) is 2.46. The summed E-state index contributed by atoms with van der Waals surface area (Å²) in [7, 11) is 1.79. The lowest BCUT2D eigenvalue weighted by molar-refractivity contribution is -0.141. The van der Waals surface area contributed by atoms with E-state index in [0.29, 0.717) is 19.3 Å². The number of hydrogen-bond donors (Lipinski definition) is 0. The quantitative estimate of drug-likeness (QED) is 0.592. The highest BCUT2D eigenvalue weighted by Crippen LogP contribution is 2.13. The molecular formula is C12H25NO3. The highest BCUT2D eigenvalue weighted by atomic mass is 16.7. The topological polar surface area (TPSA) is 30.9 Å². The molecule has 0 aromatic carbocycles. The molecule has 0 spiro atoms. The van der Waals surface area contributed by atoms with E-state index in [4.69, 9.17) is 14.2 Å². The highest BCUT2D eigenvalue weighted by molar-refractivity contribution is 4.75. The molecule has 16 heavy (non-hydrogen) atoms. The molecule has 1 aliphatic rings. The van der Waals surface area contributed by atoms with Gasteiger partial charge in [0.1, 0.15) is 0 Å². The smallest absolute Gasteiger partial charge is 0.158 e. The number of ether oxygens (including phenoxy) is 3. The Bertz CT molecular complexity index is 172. The first-order valence-electron chi connectivity index (χ1n) is 6.28. The number of rotatable bonds is 8. The first kappa shape index (κ1) is 13.9. The van der Waals surface area contributed by atoms with Crippen LogP contribution >= 0.6 is 0 Å². The Kier molecular flexibility index (Phi) is 6.96. The molecule has 0 aromatic rings. The zero-order valence-electron chi connectivity index (χ0n) is 10.8. The van der Waals surface area contributed by atoms with Crippen LogP contribution in [0.1, 0.15) is 26.7 Å². The third-order valence-electron chi connectivity index (χ3n) is 2.95. The summed E-state index contributed by atoms with van der Waals surface area (Å²) < 4.78 is 16.4. The Morgan fingerprint density at radius 3 is 2.44 bits per heavy atom. The van der Waals surface area contributed by atoms with E-state index < -0.39 is 0 Å². The maximum absolute atomic E-state index is 5.52. The molecule has 1 rings (SSSR count). The van der Waals surface area contributed by atoms with Gasteiger partial charge in [-0.1, -0.05) is 0 Å². The largest absolute Gasteiger partial charge is 0.380 e. The Balaban J connectivity index is 2.16. The summed E-state index contributed by atoms with van der Waals surface area (Å²) in [5.41, 5.74) is 0. The number of methoxy groups -OCH3 is 1. The van der Waals surface area contributed by atoms with Gasteiger partial charge in [-0.15, -0.1) is 0 Å². The lowest BCUT2D eigenvalue weighted by Gasteiger charge is -2.21. The average Bonchev–Trinajstić information content (AvgIpc) is 2.74. The summed E-state index contributed by atoms with van der Waals surface area (Å²) in [5, 5.41) is 0. The Morgan fingerprint density at radius 2 is 1.94 bits per heavy atom. The van der Waals surface area contributed by atoms with Gasteiger partial charge in [-0.05, 0) is 20.3 Å². The average molecular weight is 231 g/mol. The van der Waals surface area contributed by atoms with E-state index in [1.807, 2.05) is 13.8 Å². The van der Waals surface area contributed by atoms with Crippen molar-refractivity contribution in [2.75, 3.05) is 40.0 Å². The molecule has 1 fully saturated rings. The van der Waals surface area contributed by atoms with Crippen molar-refractivity contribution in [3.8, 4) is 0 Å². The van der Waals surface area contributed by atoms with Gasteiger partial charge in [0.05, 0.1) is 6.10 Å². The van der Waals surface area contributed by atoms with Gasteiger partial charge in [-0.3, -0.25) is 0 Å². The van der Waals surface area contributed by atoms with E-state index in [0.717, 1.165) is 32.5 Å². The minimum absolute atomic E-state index is 0.0448. The standard InChI is InChI=1S/C12H25NO3/c1-4-15-12(16-5-2)7-9-13-8-6-11(10-13)14-3/h11-12H,4-10H2,1-3H3. The summed E-state index contributed by atoms with van der Waals surface area (Å²) in [4.78, 5) is 2.42. The highest BCUT2D eigenvalue weighted by Gasteiger charge is 2.22. The van der Waals surface area contributed by atoms with Crippen molar-refractivity contribution in [1.82, 2.24) is 4.90 Å². The normalized spacial score (nSPS) is 22.1. The summed E-state index contributed by atoms with van der Waals surface area (Å²) in [5.74, 6) is 0. The molecular weight excluding hydrogens is 206 g/mol. The second-order valence-corrected chi connectivity index (χ2v) is 4.08. The van der Waals surface area contributed by atoms with Crippen LogP contribution in [-0.4, -0.2) is 57.3 Å². The Morgan fingerprint density at radius 1 is 1.25 bits per heavy atom. The molecule has 1 aliphatic heterocycles.